The Morgan fingerprint density at radius 1 is 0.903 bits per heavy atom. The quantitative estimate of drug-likeness (QED) is 0.323. The second-order valence-electron chi connectivity index (χ2n) is 6.58. The molecule has 0 aliphatic heterocycles. The van der Waals surface area contributed by atoms with E-state index in [1.807, 2.05) is 30.3 Å². The lowest BCUT2D eigenvalue weighted by Gasteiger charge is -2.18. The van der Waals surface area contributed by atoms with E-state index in [0.29, 0.717) is 27.1 Å². The van der Waals surface area contributed by atoms with E-state index in [1.54, 1.807) is 42.5 Å². The van der Waals surface area contributed by atoms with E-state index in [1.165, 1.54) is 4.57 Å². The molecule has 0 aliphatic rings. The van der Waals surface area contributed by atoms with Crippen molar-refractivity contribution in [3.05, 3.63) is 104 Å². The Morgan fingerprint density at radius 3 is 2.23 bits per heavy atom. The summed E-state index contributed by atoms with van der Waals surface area (Å²) in [6, 6.07) is 21.1. The van der Waals surface area contributed by atoms with E-state index in [4.69, 9.17) is 45.2 Å². The van der Waals surface area contributed by atoms with Gasteiger partial charge < -0.3 is 10.7 Å². The van der Waals surface area contributed by atoms with Gasteiger partial charge in [0.25, 0.3) is 5.56 Å². The maximum Gasteiger partial charge on any atom is 0.269 e. The standard InChI is InChI=1S/C23H15Cl3N4O/c24-15-8-6-14(7-9-15)22-29-21(28-17-4-2-1-3-5-17)18(13-27)23(31)30(22)20-11-10-16(25)12-19(20)26/h1-13,27-28H. The number of rotatable bonds is 5. The molecule has 0 radical (unpaired) electrons. The first-order valence-electron chi connectivity index (χ1n) is 9.19. The third-order valence-electron chi connectivity index (χ3n) is 4.55. The minimum absolute atomic E-state index is 0.0904. The SMILES string of the molecule is N=Cc1c(Nc2ccccc2)nc(-c2ccc(Cl)cc2)n(-c2ccc(Cl)cc2Cl)c1=O. The fourth-order valence-corrected chi connectivity index (χ4v) is 3.72. The molecule has 0 fully saturated rings. The Kier molecular flexibility index (Phi) is 6.09. The van der Waals surface area contributed by atoms with Crippen LogP contribution < -0.4 is 10.9 Å². The molecule has 0 aliphatic carbocycles. The van der Waals surface area contributed by atoms with Gasteiger partial charge >= 0.3 is 0 Å². The number of benzene rings is 3. The molecule has 0 saturated carbocycles. The highest BCUT2D eigenvalue weighted by Crippen LogP contribution is 2.29. The molecule has 4 rings (SSSR count). The van der Waals surface area contributed by atoms with Crippen molar-refractivity contribution in [2.24, 2.45) is 0 Å². The summed E-state index contributed by atoms with van der Waals surface area (Å²) in [7, 11) is 0. The van der Waals surface area contributed by atoms with Gasteiger partial charge in [-0.3, -0.25) is 9.36 Å². The summed E-state index contributed by atoms with van der Waals surface area (Å²) in [6.07, 6.45) is 0.979. The minimum atomic E-state index is -0.447. The molecule has 154 valence electrons. The number of para-hydroxylation sites is 1. The minimum Gasteiger partial charge on any atom is -0.339 e. The second-order valence-corrected chi connectivity index (χ2v) is 7.86. The van der Waals surface area contributed by atoms with Crippen LogP contribution in [0.4, 0.5) is 11.5 Å². The van der Waals surface area contributed by atoms with E-state index in [-0.39, 0.29) is 16.4 Å². The van der Waals surface area contributed by atoms with Crippen LogP contribution in [0.15, 0.2) is 77.6 Å². The number of aromatic nitrogens is 2. The van der Waals surface area contributed by atoms with E-state index >= 15 is 0 Å². The zero-order valence-electron chi connectivity index (χ0n) is 15.9. The van der Waals surface area contributed by atoms with Crippen LogP contribution in [0.5, 0.6) is 0 Å². The van der Waals surface area contributed by atoms with Crippen molar-refractivity contribution in [2.45, 2.75) is 0 Å². The van der Waals surface area contributed by atoms with Gasteiger partial charge in [-0.25, -0.2) is 4.98 Å². The van der Waals surface area contributed by atoms with Crippen molar-refractivity contribution < 1.29 is 0 Å². The largest absolute Gasteiger partial charge is 0.339 e. The first-order chi connectivity index (χ1) is 15.0. The molecule has 2 N–H and O–H groups in total. The van der Waals surface area contributed by atoms with Gasteiger partial charge in [0, 0.05) is 27.5 Å². The molecule has 0 amide bonds. The van der Waals surface area contributed by atoms with Crippen LogP contribution >= 0.6 is 34.8 Å². The predicted octanol–water partition coefficient (Wildman–Crippen LogP) is 6.60. The highest BCUT2D eigenvalue weighted by Gasteiger charge is 2.20. The summed E-state index contributed by atoms with van der Waals surface area (Å²) in [6.45, 7) is 0. The molecule has 1 aromatic heterocycles. The van der Waals surface area contributed by atoms with E-state index < -0.39 is 5.56 Å². The fraction of sp³-hybridized carbons (Fsp3) is 0. The van der Waals surface area contributed by atoms with Gasteiger partial charge in [0.05, 0.1) is 10.7 Å². The smallest absolute Gasteiger partial charge is 0.269 e. The Labute approximate surface area is 193 Å². The first-order valence-corrected chi connectivity index (χ1v) is 10.3. The third kappa shape index (κ3) is 4.35. The third-order valence-corrected chi connectivity index (χ3v) is 5.34. The number of hydrogen-bond acceptors (Lipinski definition) is 4. The Morgan fingerprint density at radius 2 is 1.58 bits per heavy atom. The Hall–Kier alpha value is -3.12. The topological polar surface area (TPSA) is 70.8 Å². The molecule has 0 saturated heterocycles. The summed E-state index contributed by atoms with van der Waals surface area (Å²) >= 11 is 18.5. The first kappa shape index (κ1) is 21.1. The van der Waals surface area contributed by atoms with E-state index in [2.05, 4.69) is 5.32 Å². The van der Waals surface area contributed by atoms with Gasteiger partial charge in [0.15, 0.2) is 0 Å². The summed E-state index contributed by atoms with van der Waals surface area (Å²) in [5.74, 6) is 0.604. The van der Waals surface area contributed by atoms with Crippen molar-refractivity contribution in [2.75, 3.05) is 5.32 Å². The van der Waals surface area contributed by atoms with Crippen LogP contribution in [-0.4, -0.2) is 15.8 Å². The van der Waals surface area contributed by atoms with Crippen LogP contribution in [0, 0.1) is 5.41 Å². The maximum absolute atomic E-state index is 13.5. The Bertz CT molecular complexity index is 1320. The fourth-order valence-electron chi connectivity index (χ4n) is 3.10. The molecule has 0 bridgehead atoms. The Balaban J connectivity index is 2.02. The lowest BCUT2D eigenvalue weighted by atomic mass is 10.1. The lowest BCUT2D eigenvalue weighted by Crippen LogP contribution is -2.27. The van der Waals surface area contributed by atoms with Crippen molar-refractivity contribution in [1.82, 2.24) is 9.55 Å². The number of nitrogens with one attached hydrogen (secondary N) is 2. The van der Waals surface area contributed by atoms with E-state index in [0.717, 1.165) is 11.9 Å². The van der Waals surface area contributed by atoms with Gasteiger partial charge in [-0.1, -0.05) is 53.0 Å². The van der Waals surface area contributed by atoms with Crippen molar-refractivity contribution in [1.29, 1.82) is 5.41 Å². The van der Waals surface area contributed by atoms with E-state index in [9.17, 15) is 4.79 Å². The van der Waals surface area contributed by atoms with Crippen LogP contribution in [0.3, 0.4) is 0 Å². The predicted molar refractivity (Wildman–Crippen MR) is 128 cm³/mol. The van der Waals surface area contributed by atoms with Crippen LogP contribution in [0.2, 0.25) is 15.1 Å². The average Bonchev–Trinajstić information content (AvgIpc) is 2.76. The van der Waals surface area contributed by atoms with Crippen LogP contribution in [0.1, 0.15) is 5.56 Å². The molecule has 31 heavy (non-hydrogen) atoms. The van der Waals surface area contributed by atoms with Crippen molar-refractivity contribution >= 4 is 52.5 Å². The molecule has 1 heterocycles. The molecule has 8 heteroatoms. The van der Waals surface area contributed by atoms with Crippen molar-refractivity contribution in [3.63, 3.8) is 0 Å². The highest BCUT2D eigenvalue weighted by atomic mass is 35.5. The second kappa shape index (κ2) is 8.94. The zero-order valence-corrected chi connectivity index (χ0v) is 18.2. The number of nitrogens with zero attached hydrogens (tertiary/aromatic N) is 2. The average molecular weight is 470 g/mol. The van der Waals surface area contributed by atoms with Crippen molar-refractivity contribution in [3.8, 4) is 17.1 Å². The number of anilines is 2. The molecular formula is C23H15Cl3N4O. The van der Waals surface area contributed by atoms with Crippen LogP contribution in [-0.2, 0) is 0 Å². The number of hydrogen-bond donors (Lipinski definition) is 2. The molecule has 0 atom stereocenters. The normalized spacial score (nSPS) is 10.7. The van der Waals surface area contributed by atoms with Gasteiger partial charge in [0.2, 0.25) is 0 Å². The number of halogens is 3. The zero-order chi connectivity index (χ0) is 22.0. The summed E-state index contributed by atoms with van der Waals surface area (Å²) < 4.78 is 1.37. The maximum atomic E-state index is 13.5. The molecule has 0 spiro atoms. The summed E-state index contributed by atoms with van der Waals surface area (Å²) in [5, 5.41) is 12.3. The molecule has 3 aromatic carbocycles. The van der Waals surface area contributed by atoms with Crippen LogP contribution in [0.25, 0.3) is 17.1 Å². The van der Waals surface area contributed by atoms with Gasteiger partial charge in [-0.15, -0.1) is 0 Å². The monoisotopic (exact) mass is 468 g/mol. The van der Waals surface area contributed by atoms with Gasteiger partial charge in [-0.2, -0.15) is 0 Å². The van der Waals surface area contributed by atoms with Gasteiger partial charge in [-0.05, 0) is 54.6 Å². The molecule has 5 nitrogen and oxygen atoms in total. The lowest BCUT2D eigenvalue weighted by molar-refractivity contribution is 0.948. The summed E-state index contributed by atoms with van der Waals surface area (Å²) in [5.41, 5.74) is 1.44. The highest BCUT2D eigenvalue weighted by molar-refractivity contribution is 6.35. The molecular weight excluding hydrogens is 455 g/mol. The molecule has 0 unspecified atom stereocenters. The van der Waals surface area contributed by atoms with Gasteiger partial charge in [0.1, 0.15) is 17.2 Å². The molecule has 4 aromatic rings. The summed E-state index contributed by atoms with van der Waals surface area (Å²) in [4.78, 5) is 18.2.